The minimum Gasteiger partial charge on any atom is -0.449 e. The Morgan fingerprint density at radius 1 is 1.18 bits per heavy atom. The summed E-state index contributed by atoms with van der Waals surface area (Å²) in [6.45, 7) is 8.77. The van der Waals surface area contributed by atoms with Crippen molar-refractivity contribution in [2.24, 2.45) is 5.73 Å². The van der Waals surface area contributed by atoms with Gasteiger partial charge in [0.25, 0.3) is 5.91 Å². The lowest BCUT2D eigenvalue weighted by molar-refractivity contribution is 0.0221. The van der Waals surface area contributed by atoms with E-state index < -0.39 is 17.6 Å². The number of nitrogens with two attached hydrogens (primary N) is 1. The molecule has 0 fully saturated rings. The Balaban J connectivity index is 1.50. The van der Waals surface area contributed by atoms with Crippen LogP contribution < -0.4 is 15.8 Å². The van der Waals surface area contributed by atoms with E-state index in [2.05, 4.69) is 20.3 Å². The maximum Gasteiger partial charge on any atom is 0.410 e. The van der Waals surface area contributed by atoms with Gasteiger partial charge in [0.1, 0.15) is 11.2 Å². The number of primary amides is 1. The standard InChI is InChI=1S/C27H29ClN6O5/c1-5-11-30-21-20-14-6-9-19(31-16(14)7-8-18(20)37-22(21)23(29)35)38-24-15-13-34(26(36)39-27(2,3)4)12-10-17(15)32-25(28)33-24/h6-9,30H,5,10-13H2,1-4H3,(H2,29,35). The third-order valence-corrected chi connectivity index (χ3v) is 6.29. The van der Waals surface area contributed by atoms with Gasteiger partial charge in [-0.1, -0.05) is 6.92 Å². The number of rotatable bonds is 6. The second kappa shape index (κ2) is 10.2. The van der Waals surface area contributed by atoms with Gasteiger partial charge in [0.2, 0.25) is 22.8 Å². The van der Waals surface area contributed by atoms with Crippen LogP contribution in [0.4, 0.5) is 10.5 Å². The number of nitrogens with zero attached hydrogens (tertiary/aromatic N) is 4. The average Bonchev–Trinajstić information content (AvgIpc) is 3.25. The highest BCUT2D eigenvalue weighted by molar-refractivity contribution is 6.28. The van der Waals surface area contributed by atoms with Gasteiger partial charge in [0, 0.05) is 31.0 Å². The molecule has 1 aromatic carbocycles. The number of aromatic nitrogens is 3. The second-order valence-electron chi connectivity index (χ2n) is 10.2. The van der Waals surface area contributed by atoms with Gasteiger partial charge in [-0.15, -0.1) is 0 Å². The minimum absolute atomic E-state index is 0.0426. The fourth-order valence-electron chi connectivity index (χ4n) is 4.45. The van der Waals surface area contributed by atoms with Crippen molar-refractivity contribution in [3.05, 3.63) is 46.6 Å². The average molecular weight is 553 g/mol. The number of amides is 2. The number of pyridine rings is 1. The van der Waals surface area contributed by atoms with E-state index in [1.807, 2.05) is 33.8 Å². The van der Waals surface area contributed by atoms with Crippen molar-refractivity contribution in [2.45, 2.75) is 52.7 Å². The number of furan rings is 1. The quantitative estimate of drug-likeness (QED) is 0.299. The van der Waals surface area contributed by atoms with Crippen molar-refractivity contribution < 1.29 is 23.5 Å². The highest BCUT2D eigenvalue weighted by Crippen LogP contribution is 2.37. The first-order valence-electron chi connectivity index (χ1n) is 12.6. The summed E-state index contributed by atoms with van der Waals surface area (Å²) in [7, 11) is 0. The van der Waals surface area contributed by atoms with Crippen LogP contribution in [-0.4, -0.2) is 50.5 Å². The molecule has 1 aliphatic rings. The van der Waals surface area contributed by atoms with Crippen molar-refractivity contribution in [1.82, 2.24) is 19.9 Å². The molecule has 0 saturated heterocycles. The molecule has 4 aromatic rings. The molecular formula is C27H29ClN6O5. The Morgan fingerprint density at radius 3 is 2.69 bits per heavy atom. The smallest absolute Gasteiger partial charge is 0.410 e. The van der Waals surface area contributed by atoms with E-state index in [1.54, 1.807) is 23.1 Å². The molecule has 0 aliphatic carbocycles. The van der Waals surface area contributed by atoms with Crippen molar-refractivity contribution >= 4 is 51.2 Å². The van der Waals surface area contributed by atoms with Crippen LogP contribution in [0.15, 0.2) is 28.7 Å². The van der Waals surface area contributed by atoms with Gasteiger partial charge in [0.05, 0.1) is 34.4 Å². The Labute approximate surface area is 229 Å². The first-order valence-corrected chi connectivity index (χ1v) is 13.0. The van der Waals surface area contributed by atoms with Crippen LogP contribution in [0.1, 0.15) is 55.9 Å². The summed E-state index contributed by atoms with van der Waals surface area (Å²) in [5, 5.41) is 4.77. The fourth-order valence-corrected chi connectivity index (χ4v) is 4.63. The van der Waals surface area contributed by atoms with Gasteiger partial charge in [-0.05, 0) is 57.0 Å². The monoisotopic (exact) mass is 552 g/mol. The van der Waals surface area contributed by atoms with Crippen LogP contribution in [0.25, 0.3) is 21.9 Å². The van der Waals surface area contributed by atoms with Gasteiger partial charge in [0.15, 0.2) is 0 Å². The molecular weight excluding hydrogens is 524 g/mol. The molecule has 0 radical (unpaired) electrons. The number of carbonyl (C=O) groups is 2. The molecule has 11 nitrogen and oxygen atoms in total. The largest absolute Gasteiger partial charge is 0.449 e. The van der Waals surface area contributed by atoms with Gasteiger partial charge in [-0.25, -0.2) is 14.8 Å². The maximum atomic E-state index is 12.7. The summed E-state index contributed by atoms with van der Waals surface area (Å²) in [5.41, 5.74) is 7.96. The maximum absolute atomic E-state index is 12.7. The Morgan fingerprint density at radius 2 is 1.97 bits per heavy atom. The highest BCUT2D eigenvalue weighted by Gasteiger charge is 2.30. The predicted octanol–water partition coefficient (Wildman–Crippen LogP) is 5.43. The molecule has 0 unspecified atom stereocenters. The zero-order chi connectivity index (χ0) is 27.9. The van der Waals surface area contributed by atoms with E-state index >= 15 is 0 Å². The number of benzene rings is 1. The lowest BCUT2D eigenvalue weighted by Crippen LogP contribution is -2.40. The second-order valence-corrected chi connectivity index (χ2v) is 10.6. The third kappa shape index (κ3) is 5.40. The number of carbonyl (C=O) groups excluding carboxylic acids is 2. The van der Waals surface area contributed by atoms with Crippen molar-refractivity contribution in [2.75, 3.05) is 18.4 Å². The van der Waals surface area contributed by atoms with E-state index in [0.717, 1.165) is 11.8 Å². The molecule has 0 spiro atoms. The molecule has 39 heavy (non-hydrogen) atoms. The highest BCUT2D eigenvalue weighted by atomic mass is 35.5. The van der Waals surface area contributed by atoms with Gasteiger partial charge < -0.3 is 29.8 Å². The number of fused-ring (bicyclic) bond motifs is 4. The number of halogens is 1. The van der Waals surface area contributed by atoms with Crippen molar-refractivity contribution in [3.63, 3.8) is 0 Å². The van der Waals surface area contributed by atoms with E-state index in [9.17, 15) is 9.59 Å². The summed E-state index contributed by atoms with van der Waals surface area (Å²) in [5.74, 6) is -0.0921. The lowest BCUT2D eigenvalue weighted by atomic mass is 10.1. The molecule has 0 atom stereocenters. The number of ether oxygens (including phenoxy) is 2. The molecule has 3 aromatic heterocycles. The number of hydrogen-bond acceptors (Lipinski definition) is 9. The van der Waals surface area contributed by atoms with Crippen LogP contribution in [0.3, 0.4) is 0 Å². The number of nitrogens with one attached hydrogen (secondary N) is 1. The summed E-state index contributed by atoms with van der Waals surface area (Å²) < 4.78 is 17.4. The third-order valence-electron chi connectivity index (χ3n) is 6.12. The van der Waals surface area contributed by atoms with E-state index in [4.69, 9.17) is 31.2 Å². The Hall–Kier alpha value is -4.12. The molecule has 3 N–H and O–H groups in total. The van der Waals surface area contributed by atoms with Crippen LogP contribution in [0.5, 0.6) is 11.8 Å². The summed E-state index contributed by atoms with van der Waals surface area (Å²) in [6, 6.07) is 7.04. The van der Waals surface area contributed by atoms with Crippen LogP contribution >= 0.6 is 11.6 Å². The van der Waals surface area contributed by atoms with Gasteiger partial charge in [-0.2, -0.15) is 4.98 Å². The lowest BCUT2D eigenvalue weighted by Gasteiger charge is -2.31. The summed E-state index contributed by atoms with van der Waals surface area (Å²) >= 11 is 6.20. The molecule has 1 aliphatic heterocycles. The van der Waals surface area contributed by atoms with Gasteiger partial charge >= 0.3 is 6.09 Å². The molecule has 0 bridgehead atoms. The summed E-state index contributed by atoms with van der Waals surface area (Å²) in [6.07, 6.45) is 0.903. The van der Waals surface area contributed by atoms with E-state index in [1.165, 1.54) is 0 Å². The first kappa shape index (κ1) is 26.5. The molecule has 12 heteroatoms. The molecule has 0 saturated carbocycles. The topological polar surface area (TPSA) is 146 Å². The van der Waals surface area contributed by atoms with Crippen LogP contribution in [-0.2, 0) is 17.7 Å². The van der Waals surface area contributed by atoms with E-state index in [0.29, 0.717) is 52.9 Å². The Bertz CT molecular complexity index is 1600. The van der Waals surface area contributed by atoms with Gasteiger partial charge in [-0.3, -0.25) is 4.79 Å². The minimum atomic E-state index is -0.656. The predicted molar refractivity (Wildman–Crippen MR) is 146 cm³/mol. The summed E-state index contributed by atoms with van der Waals surface area (Å²) in [4.78, 5) is 39.6. The SMILES string of the molecule is CCCNc1c(C(N)=O)oc2ccc3nc(Oc4nc(Cl)nc5c4CN(C(=O)OC(C)(C)C)CC5)ccc3c12. The van der Waals surface area contributed by atoms with Crippen LogP contribution in [0.2, 0.25) is 5.28 Å². The number of anilines is 1. The first-order chi connectivity index (χ1) is 18.5. The molecule has 5 rings (SSSR count). The van der Waals surface area contributed by atoms with Crippen LogP contribution in [0, 0.1) is 0 Å². The number of hydrogen-bond donors (Lipinski definition) is 2. The Kier molecular flexibility index (Phi) is 6.94. The fraction of sp³-hybridized carbons (Fsp3) is 0.370. The molecule has 2 amide bonds. The molecule has 204 valence electrons. The van der Waals surface area contributed by atoms with E-state index in [-0.39, 0.29) is 29.3 Å². The normalized spacial score (nSPS) is 13.4. The zero-order valence-corrected chi connectivity index (χ0v) is 22.9. The zero-order valence-electron chi connectivity index (χ0n) is 22.1. The molecule has 4 heterocycles. The van der Waals surface area contributed by atoms with Crippen molar-refractivity contribution in [1.29, 1.82) is 0 Å². The van der Waals surface area contributed by atoms with Crippen molar-refractivity contribution in [3.8, 4) is 11.8 Å².